The molecule has 1 amide bonds. The van der Waals surface area contributed by atoms with Crippen molar-refractivity contribution in [3.8, 4) is 0 Å². The van der Waals surface area contributed by atoms with Crippen molar-refractivity contribution in [3.63, 3.8) is 0 Å². The van der Waals surface area contributed by atoms with E-state index in [1.807, 2.05) is 30.3 Å². The van der Waals surface area contributed by atoms with E-state index < -0.39 is 23.9 Å². The first-order valence-corrected chi connectivity index (χ1v) is 9.02. The Kier molecular flexibility index (Phi) is 4.94. The van der Waals surface area contributed by atoms with Crippen molar-refractivity contribution in [2.75, 3.05) is 0 Å². The first-order chi connectivity index (χ1) is 14.3. The standard InChI is InChI=1S/C21H16F3N5O/c1-12-10-26-17(11-25-12)19(30)29-18(13-5-3-2-4-6-13)14-7-8-15-16(9-14)28-20(27-15)21(22,23)24/h2-11,18H,1H3,(H,27,28)(H,29,30)/t18-/m0/s1. The first-order valence-electron chi connectivity index (χ1n) is 9.02. The summed E-state index contributed by atoms with van der Waals surface area (Å²) in [5, 5.41) is 2.89. The number of imidazole rings is 1. The van der Waals surface area contributed by atoms with E-state index in [0.717, 1.165) is 5.56 Å². The Hall–Kier alpha value is -3.75. The van der Waals surface area contributed by atoms with Gasteiger partial charge >= 0.3 is 6.18 Å². The third-order valence-corrected chi connectivity index (χ3v) is 4.53. The van der Waals surface area contributed by atoms with Gasteiger partial charge in [0.05, 0.1) is 29.0 Å². The van der Waals surface area contributed by atoms with Gasteiger partial charge in [-0.05, 0) is 30.2 Å². The average Bonchev–Trinajstić information content (AvgIpc) is 3.17. The molecule has 6 nitrogen and oxygen atoms in total. The molecule has 0 aliphatic carbocycles. The molecule has 2 heterocycles. The molecule has 30 heavy (non-hydrogen) atoms. The van der Waals surface area contributed by atoms with Crippen molar-refractivity contribution in [3.05, 3.63) is 89.3 Å². The molecule has 0 radical (unpaired) electrons. The van der Waals surface area contributed by atoms with Crippen molar-refractivity contribution in [1.82, 2.24) is 25.3 Å². The number of nitrogens with one attached hydrogen (secondary N) is 2. The number of rotatable bonds is 4. The Morgan fingerprint density at radius 3 is 2.47 bits per heavy atom. The molecule has 2 aromatic heterocycles. The quantitative estimate of drug-likeness (QED) is 0.527. The fourth-order valence-corrected chi connectivity index (χ4v) is 3.06. The Morgan fingerprint density at radius 1 is 1.03 bits per heavy atom. The Labute approximate surface area is 169 Å². The van der Waals surface area contributed by atoms with Gasteiger partial charge in [0.15, 0.2) is 0 Å². The van der Waals surface area contributed by atoms with Gasteiger partial charge in [-0.2, -0.15) is 13.2 Å². The summed E-state index contributed by atoms with van der Waals surface area (Å²) < 4.78 is 38.9. The van der Waals surface area contributed by atoms with E-state index in [-0.39, 0.29) is 16.7 Å². The minimum atomic E-state index is -4.57. The zero-order valence-electron chi connectivity index (χ0n) is 15.7. The van der Waals surface area contributed by atoms with Crippen molar-refractivity contribution in [1.29, 1.82) is 0 Å². The largest absolute Gasteiger partial charge is 0.449 e. The molecule has 0 unspecified atom stereocenters. The van der Waals surface area contributed by atoms with Crippen LogP contribution in [0.25, 0.3) is 11.0 Å². The Balaban J connectivity index is 1.72. The lowest BCUT2D eigenvalue weighted by Crippen LogP contribution is -2.30. The smallest absolute Gasteiger partial charge is 0.340 e. The van der Waals surface area contributed by atoms with Crippen LogP contribution in [0.3, 0.4) is 0 Å². The highest BCUT2D eigenvalue weighted by Crippen LogP contribution is 2.30. The fourth-order valence-electron chi connectivity index (χ4n) is 3.06. The number of benzene rings is 2. The monoisotopic (exact) mass is 411 g/mol. The van der Waals surface area contributed by atoms with Crippen molar-refractivity contribution >= 4 is 16.9 Å². The number of aromatic nitrogens is 4. The number of aromatic amines is 1. The van der Waals surface area contributed by atoms with Crippen LogP contribution in [0, 0.1) is 6.92 Å². The third kappa shape index (κ3) is 4.00. The van der Waals surface area contributed by atoms with E-state index in [4.69, 9.17) is 0 Å². The summed E-state index contributed by atoms with van der Waals surface area (Å²) in [6.07, 6.45) is -1.71. The lowest BCUT2D eigenvalue weighted by Gasteiger charge is -2.19. The number of hydrogen-bond acceptors (Lipinski definition) is 4. The summed E-state index contributed by atoms with van der Waals surface area (Å²) in [4.78, 5) is 26.8. The van der Waals surface area contributed by atoms with Gasteiger partial charge in [0, 0.05) is 6.20 Å². The maximum absolute atomic E-state index is 13.0. The number of nitrogens with zero attached hydrogens (tertiary/aromatic N) is 3. The topological polar surface area (TPSA) is 83.6 Å². The average molecular weight is 411 g/mol. The molecule has 0 fully saturated rings. The molecule has 2 N–H and O–H groups in total. The number of H-pyrrole nitrogens is 1. The molecule has 4 aromatic rings. The normalized spacial score (nSPS) is 12.7. The van der Waals surface area contributed by atoms with Crippen molar-refractivity contribution < 1.29 is 18.0 Å². The maximum Gasteiger partial charge on any atom is 0.449 e. The van der Waals surface area contributed by atoms with Gasteiger partial charge in [-0.25, -0.2) is 9.97 Å². The number of fused-ring (bicyclic) bond motifs is 1. The van der Waals surface area contributed by atoms with Crippen molar-refractivity contribution in [2.24, 2.45) is 0 Å². The molecular formula is C21H16F3N5O. The molecule has 152 valence electrons. The second kappa shape index (κ2) is 7.58. The van der Waals surface area contributed by atoms with Crippen LogP contribution in [0.1, 0.15) is 39.2 Å². The van der Waals surface area contributed by atoms with Crippen LogP contribution in [0.4, 0.5) is 13.2 Å². The van der Waals surface area contributed by atoms with Crippen molar-refractivity contribution in [2.45, 2.75) is 19.1 Å². The lowest BCUT2D eigenvalue weighted by molar-refractivity contribution is -0.144. The summed E-state index contributed by atoms with van der Waals surface area (Å²) in [7, 11) is 0. The zero-order valence-corrected chi connectivity index (χ0v) is 15.7. The summed E-state index contributed by atoms with van der Waals surface area (Å²) in [5.74, 6) is -1.51. The second-order valence-electron chi connectivity index (χ2n) is 6.72. The van der Waals surface area contributed by atoms with Gasteiger partial charge in [0.1, 0.15) is 5.69 Å². The molecule has 9 heteroatoms. The maximum atomic E-state index is 13.0. The molecule has 0 aliphatic heterocycles. The molecule has 0 bridgehead atoms. The van der Waals surface area contributed by atoms with Crippen LogP contribution < -0.4 is 5.32 Å². The minimum Gasteiger partial charge on any atom is -0.340 e. The summed E-state index contributed by atoms with van der Waals surface area (Å²) in [6.45, 7) is 1.76. The number of carbonyl (C=O) groups excluding carboxylic acids is 1. The Bertz CT molecular complexity index is 1190. The molecule has 0 saturated heterocycles. The van der Waals surface area contributed by atoms with Gasteiger partial charge < -0.3 is 10.3 Å². The summed E-state index contributed by atoms with van der Waals surface area (Å²) in [6, 6.07) is 13.2. The van der Waals surface area contributed by atoms with Gasteiger partial charge in [-0.1, -0.05) is 36.4 Å². The minimum absolute atomic E-state index is 0.142. The molecule has 0 aliphatic rings. The highest BCUT2D eigenvalue weighted by atomic mass is 19.4. The van der Waals surface area contributed by atoms with E-state index in [0.29, 0.717) is 11.3 Å². The Morgan fingerprint density at radius 2 is 1.80 bits per heavy atom. The van der Waals surface area contributed by atoms with E-state index in [2.05, 4.69) is 25.3 Å². The predicted molar refractivity (Wildman–Crippen MR) is 104 cm³/mol. The lowest BCUT2D eigenvalue weighted by atomic mass is 9.98. The molecule has 1 atom stereocenters. The van der Waals surface area contributed by atoms with Gasteiger partial charge in [0.25, 0.3) is 5.91 Å². The molecule has 2 aromatic carbocycles. The van der Waals surface area contributed by atoms with Gasteiger partial charge in [0.2, 0.25) is 5.82 Å². The number of hydrogen-bond donors (Lipinski definition) is 2. The van der Waals surface area contributed by atoms with Gasteiger partial charge in [-0.15, -0.1) is 0 Å². The van der Waals surface area contributed by atoms with Crippen LogP contribution in [0.2, 0.25) is 0 Å². The molecule has 4 rings (SSSR count). The SMILES string of the molecule is Cc1cnc(C(=O)N[C@@H](c2ccccc2)c2ccc3nc(C(F)(F)F)[nH]c3c2)cn1. The van der Waals surface area contributed by atoms with Crippen LogP contribution in [0.5, 0.6) is 0 Å². The van der Waals surface area contributed by atoms with Crippen LogP contribution >= 0.6 is 0 Å². The number of aryl methyl sites for hydroxylation is 1. The van der Waals surface area contributed by atoms with Crippen LogP contribution in [0.15, 0.2) is 60.9 Å². The van der Waals surface area contributed by atoms with E-state index in [1.165, 1.54) is 18.5 Å². The molecule has 0 spiro atoms. The van der Waals surface area contributed by atoms with E-state index >= 15 is 0 Å². The molecular weight excluding hydrogens is 395 g/mol. The summed E-state index contributed by atoms with van der Waals surface area (Å²) >= 11 is 0. The number of alkyl halides is 3. The molecule has 0 saturated carbocycles. The summed E-state index contributed by atoms with van der Waals surface area (Å²) in [5.41, 5.74) is 2.60. The third-order valence-electron chi connectivity index (χ3n) is 4.53. The van der Waals surface area contributed by atoms with Gasteiger partial charge in [-0.3, -0.25) is 9.78 Å². The number of carbonyl (C=O) groups is 1. The zero-order chi connectivity index (χ0) is 21.3. The second-order valence-corrected chi connectivity index (χ2v) is 6.72. The highest BCUT2D eigenvalue weighted by molar-refractivity contribution is 5.92. The number of halogens is 3. The highest BCUT2D eigenvalue weighted by Gasteiger charge is 2.34. The predicted octanol–water partition coefficient (Wildman–Crippen LogP) is 4.20. The fraction of sp³-hybridized carbons (Fsp3) is 0.143. The van der Waals surface area contributed by atoms with Crippen LogP contribution in [-0.4, -0.2) is 25.8 Å². The number of amides is 1. The first kappa shape index (κ1) is 19.6. The van der Waals surface area contributed by atoms with Crippen LogP contribution in [-0.2, 0) is 6.18 Å². The van der Waals surface area contributed by atoms with E-state index in [9.17, 15) is 18.0 Å². The van der Waals surface area contributed by atoms with E-state index in [1.54, 1.807) is 19.1 Å².